The molecule has 1 N–H and O–H groups in total. The number of benzene rings is 3. The first-order valence-electron chi connectivity index (χ1n) is 13.7. The molecule has 236 valence electrons. The van der Waals surface area contributed by atoms with Crippen molar-refractivity contribution in [3.05, 3.63) is 71.6 Å². The predicted molar refractivity (Wildman–Crippen MR) is 154 cm³/mol. The lowest BCUT2D eigenvalue weighted by atomic mass is 9.98. The third kappa shape index (κ3) is 6.59. The molecule has 14 heteroatoms. The van der Waals surface area contributed by atoms with Crippen molar-refractivity contribution in [1.82, 2.24) is 9.97 Å². The fourth-order valence-electron chi connectivity index (χ4n) is 5.05. The molecule has 1 fully saturated rings. The minimum absolute atomic E-state index is 0.0551. The van der Waals surface area contributed by atoms with Crippen LogP contribution in [-0.2, 0) is 11.0 Å². The van der Waals surface area contributed by atoms with Crippen molar-refractivity contribution in [1.29, 1.82) is 0 Å². The predicted octanol–water partition coefficient (Wildman–Crippen LogP) is 6.79. The summed E-state index contributed by atoms with van der Waals surface area (Å²) in [5.74, 6) is -5.46. The Morgan fingerprint density at radius 1 is 0.933 bits per heavy atom. The molecule has 1 aliphatic rings. The fourth-order valence-corrected chi connectivity index (χ4v) is 5.05. The first-order valence-corrected chi connectivity index (χ1v) is 13.7. The van der Waals surface area contributed by atoms with Gasteiger partial charge in [0.15, 0.2) is 11.5 Å². The lowest BCUT2D eigenvalue weighted by Gasteiger charge is -2.34. The van der Waals surface area contributed by atoms with Gasteiger partial charge in [-0.15, -0.1) is 0 Å². The number of carbonyl (C=O) groups is 2. The molecule has 1 aromatic heterocycles. The Hall–Kier alpha value is -5.01. The lowest BCUT2D eigenvalue weighted by molar-refractivity contribution is -0.137. The maximum absolute atomic E-state index is 15.1. The van der Waals surface area contributed by atoms with Gasteiger partial charge in [-0.25, -0.2) is 18.7 Å². The summed E-state index contributed by atoms with van der Waals surface area (Å²) in [6.07, 6.45) is -2.15. The largest absolute Gasteiger partial charge is 0.493 e. The van der Waals surface area contributed by atoms with Crippen molar-refractivity contribution in [3.8, 4) is 23.1 Å². The summed E-state index contributed by atoms with van der Waals surface area (Å²) in [4.78, 5) is 35.2. The Balaban J connectivity index is 1.37. The van der Waals surface area contributed by atoms with Gasteiger partial charge in [0, 0.05) is 42.7 Å². The number of ketones is 1. The van der Waals surface area contributed by atoms with E-state index in [1.807, 2.05) is 12.2 Å². The molecule has 1 amide bonds. The van der Waals surface area contributed by atoms with Gasteiger partial charge in [-0.05, 0) is 43.0 Å². The van der Waals surface area contributed by atoms with E-state index in [-0.39, 0.29) is 17.3 Å². The van der Waals surface area contributed by atoms with Crippen molar-refractivity contribution >= 4 is 34.0 Å². The molecule has 3 aromatic carbocycles. The van der Waals surface area contributed by atoms with Gasteiger partial charge >= 0.3 is 6.18 Å². The Morgan fingerprint density at radius 3 is 2.20 bits per heavy atom. The van der Waals surface area contributed by atoms with Crippen LogP contribution in [0.3, 0.4) is 0 Å². The van der Waals surface area contributed by atoms with Crippen LogP contribution in [0.25, 0.3) is 10.9 Å². The number of rotatable bonds is 8. The smallest absolute Gasteiger partial charge is 0.418 e. The van der Waals surface area contributed by atoms with Crippen LogP contribution < -0.4 is 24.4 Å². The molecule has 0 atom stereocenters. The summed E-state index contributed by atoms with van der Waals surface area (Å²) >= 11 is 0. The van der Waals surface area contributed by atoms with Crippen LogP contribution in [0.4, 0.5) is 33.3 Å². The van der Waals surface area contributed by atoms with E-state index in [1.54, 1.807) is 11.0 Å². The zero-order valence-corrected chi connectivity index (χ0v) is 24.3. The summed E-state index contributed by atoms with van der Waals surface area (Å²) < 4.78 is 88.0. The number of nitrogens with one attached hydrogen (secondary N) is 1. The molecular formula is C31H27F5N4O5. The molecular weight excluding hydrogens is 603 g/mol. The standard InChI is InChI=1S/C31H27F5N4O5/c1-16-6-8-40(9-7-16)24-5-4-17(10-20(24)31(34,35)36)39-29(42)28(41)27-21(32)11-18(12-22(27)33)45-30-19-13-25(43-2)26(44-3)14-23(19)37-15-38-30/h4-5,10-16H,6-9H2,1-3H3,(H,39,42). The number of alkyl halides is 3. The number of fused-ring (bicyclic) bond motifs is 1. The number of piperidine rings is 1. The SMILES string of the molecule is COc1cc2ncnc(Oc3cc(F)c(C(=O)C(=O)Nc4ccc(N5CCC(C)CC5)c(C(F)(F)F)c4)c(F)c3)c2cc1OC. The number of hydrogen-bond acceptors (Lipinski definition) is 8. The number of carbonyl (C=O) groups excluding carboxylic acids is 2. The summed E-state index contributed by atoms with van der Waals surface area (Å²) in [5.41, 5.74) is -2.27. The van der Waals surface area contributed by atoms with Gasteiger partial charge in [0.25, 0.3) is 11.7 Å². The van der Waals surface area contributed by atoms with Crippen LogP contribution in [0.2, 0.25) is 0 Å². The zero-order chi connectivity index (χ0) is 32.5. The highest BCUT2D eigenvalue weighted by Gasteiger charge is 2.36. The number of halogens is 5. The summed E-state index contributed by atoms with van der Waals surface area (Å²) in [7, 11) is 2.84. The summed E-state index contributed by atoms with van der Waals surface area (Å²) in [5, 5.41) is 2.34. The highest BCUT2D eigenvalue weighted by molar-refractivity contribution is 6.46. The maximum Gasteiger partial charge on any atom is 0.418 e. The average molecular weight is 631 g/mol. The van der Waals surface area contributed by atoms with Crippen LogP contribution in [-0.4, -0.2) is 49.0 Å². The number of amides is 1. The van der Waals surface area contributed by atoms with Crippen molar-refractivity contribution in [2.45, 2.75) is 25.9 Å². The highest BCUT2D eigenvalue weighted by Crippen LogP contribution is 2.40. The van der Waals surface area contributed by atoms with Crippen LogP contribution in [0, 0.1) is 17.6 Å². The third-order valence-electron chi connectivity index (χ3n) is 7.45. The van der Waals surface area contributed by atoms with E-state index in [2.05, 4.69) is 9.97 Å². The number of anilines is 2. The normalized spacial score (nSPS) is 13.9. The molecule has 45 heavy (non-hydrogen) atoms. The average Bonchev–Trinajstić information content (AvgIpc) is 3.00. The van der Waals surface area contributed by atoms with E-state index < -0.39 is 46.4 Å². The second-order valence-corrected chi connectivity index (χ2v) is 10.4. The number of nitrogens with zero attached hydrogens (tertiary/aromatic N) is 3. The second-order valence-electron chi connectivity index (χ2n) is 10.4. The van der Waals surface area contributed by atoms with Gasteiger partial charge in [-0.3, -0.25) is 9.59 Å². The zero-order valence-electron chi connectivity index (χ0n) is 24.3. The van der Waals surface area contributed by atoms with Crippen LogP contribution >= 0.6 is 0 Å². The topological polar surface area (TPSA) is 103 Å². The minimum Gasteiger partial charge on any atom is -0.493 e. The molecule has 4 aromatic rings. The molecule has 0 saturated carbocycles. The van der Waals surface area contributed by atoms with Crippen molar-refractivity contribution in [2.75, 3.05) is 37.5 Å². The van der Waals surface area contributed by atoms with E-state index in [0.29, 0.717) is 59.6 Å². The molecule has 0 spiro atoms. The summed E-state index contributed by atoms with van der Waals surface area (Å²) in [6, 6.07) is 7.50. The molecule has 5 rings (SSSR count). The molecule has 0 radical (unpaired) electrons. The molecule has 1 aliphatic heterocycles. The van der Waals surface area contributed by atoms with E-state index in [4.69, 9.17) is 14.2 Å². The Morgan fingerprint density at radius 2 is 1.58 bits per heavy atom. The van der Waals surface area contributed by atoms with Gasteiger partial charge < -0.3 is 24.4 Å². The number of methoxy groups -OCH3 is 2. The van der Waals surface area contributed by atoms with E-state index >= 15 is 8.78 Å². The molecule has 0 bridgehead atoms. The minimum atomic E-state index is -4.76. The Bertz CT molecular complexity index is 1750. The quantitative estimate of drug-likeness (QED) is 0.129. The lowest BCUT2D eigenvalue weighted by Crippen LogP contribution is -2.34. The van der Waals surface area contributed by atoms with Gasteiger partial charge in [0.1, 0.15) is 23.7 Å². The number of aromatic nitrogens is 2. The van der Waals surface area contributed by atoms with Crippen molar-refractivity contribution < 1.29 is 45.8 Å². The number of Topliss-reactive ketones (excluding diaryl/α,β-unsaturated/α-hetero) is 1. The molecule has 1 saturated heterocycles. The second kappa shape index (κ2) is 12.5. The summed E-state index contributed by atoms with van der Waals surface area (Å²) in [6.45, 7) is 2.89. The van der Waals surface area contributed by atoms with E-state index in [1.165, 1.54) is 32.4 Å². The molecule has 9 nitrogen and oxygen atoms in total. The van der Waals surface area contributed by atoms with E-state index in [0.717, 1.165) is 19.2 Å². The van der Waals surface area contributed by atoms with Gasteiger partial charge in [-0.1, -0.05) is 6.92 Å². The first kappa shape index (κ1) is 31.4. The van der Waals surface area contributed by atoms with Gasteiger partial charge in [-0.2, -0.15) is 13.2 Å². The van der Waals surface area contributed by atoms with Crippen LogP contribution in [0.15, 0.2) is 48.8 Å². The van der Waals surface area contributed by atoms with E-state index in [9.17, 15) is 22.8 Å². The van der Waals surface area contributed by atoms with Crippen molar-refractivity contribution in [2.24, 2.45) is 5.92 Å². The fraction of sp³-hybridized carbons (Fsp3) is 0.290. The molecule has 0 aliphatic carbocycles. The Labute approximate surface area is 253 Å². The highest BCUT2D eigenvalue weighted by atomic mass is 19.4. The third-order valence-corrected chi connectivity index (χ3v) is 7.45. The maximum atomic E-state index is 15.1. The Kier molecular flexibility index (Phi) is 8.75. The number of hydrogen-bond donors (Lipinski definition) is 1. The monoisotopic (exact) mass is 630 g/mol. The van der Waals surface area contributed by atoms with Crippen LogP contribution in [0.5, 0.6) is 23.1 Å². The number of ether oxygens (including phenoxy) is 3. The van der Waals surface area contributed by atoms with Crippen molar-refractivity contribution in [3.63, 3.8) is 0 Å². The molecule has 2 heterocycles. The molecule has 0 unspecified atom stereocenters. The van der Waals surface area contributed by atoms with Gasteiger partial charge in [0.2, 0.25) is 5.88 Å². The first-order chi connectivity index (χ1) is 21.4. The van der Waals surface area contributed by atoms with Crippen LogP contribution in [0.1, 0.15) is 35.7 Å². The van der Waals surface area contributed by atoms with Gasteiger partial charge in [0.05, 0.1) is 36.2 Å².